The first-order valence-electron chi connectivity index (χ1n) is 4.25. The third kappa shape index (κ3) is 1.70. The second-order valence-electron chi connectivity index (χ2n) is 3.25. The van der Waals surface area contributed by atoms with Gasteiger partial charge in [0.05, 0.1) is 12.4 Å². The van der Waals surface area contributed by atoms with E-state index in [0.29, 0.717) is 5.69 Å². The van der Waals surface area contributed by atoms with Gasteiger partial charge in [-0.05, 0) is 0 Å². The van der Waals surface area contributed by atoms with Crippen molar-refractivity contribution in [1.82, 2.24) is 20.2 Å². The van der Waals surface area contributed by atoms with Gasteiger partial charge in [0.1, 0.15) is 5.69 Å². The maximum atomic E-state index is 11.4. The lowest BCUT2D eigenvalue weighted by atomic mass is 10.2. The van der Waals surface area contributed by atoms with Crippen molar-refractivity contribution in [3.05, 3.63) is 18.2 Å². The molecule has 0 radical (unpaired) electrons. The van der Waals surface area contributed by atoms with Crippen LogP contribution in [0.15, 0.2) is 12.5 Å². The molecule has 5 nitrogen and oxygen atoms in total. The fourth-order valence-corrected chi connectivity index (χ4v) is 1.18. The minimum atomic E-state index is -0.0906. The van der Waals surface area contributed by atoms with Gasteiger partial charge in [0.15, 0.2) is 0 Å². The summed E-state index contributed by atoms with van der Waals surface area (Å²) < 4.78 is 1.76. The van der Waals surface area contributed by atoms with Gasteiger partial charge >= 0.3 is 0 Å². The van der Waals surface area contributed by atoms with Crippen molar-refractivity contribution in [3.63, 3.8) is 0 Å². The lowest BCUT2D eigenvalue weighted by Crippen LogP contribution is -2.56. The first kappa shape index (κ1) is 8.25. The molecule has 2 heterocycles. The number of nitrogens with zero attached hydrogens (tertiary/aromatic N) is 2. The number of carbonyl (C=O) groups is 1. The Hall–Kier alpha value is -1.36. The summed E-state index contributed by atoms with van der Waals surface area (Å²) in [4.78, 5) is 15.4. The second kappa shape index (κ2) is 3.18. The Bertz CT molecular complexity index is 316. The molecule has 70 valence electrons. The van der Waals surface area contributed by atoms with Gasteiger partial charge in [-0.1, -0.05) is 0 Å². The van der Waals surface area contributed by atoms with E-state index in [1.165, 1.54) is 0 Å². The summed E-state index contributed by atoms with van der Waals surface area (Å²) in [6.45, 7) is 1.72. The van der Waals surface area contributed by atoms with Crippen LogP contribution in [0, 0.1) is 0 Å². The van der Waals surface area contributed by atoms with Crippen LogP contribution in [0.5, 0.6) is 0 Å². The van der Waals surface area contributed by atoms with Gasteiger partial charge in [-0.3, -0.25) is 4.79 Å². The molecule has 0 aliphatic carbocycles. The first-order valence-corrected chi connectivity index (χ1v) is 4.25. The summed E-state index contributed by atoms with van der Waals surface area (Å²) in [5, 5.41) is 5.95. The molecule has 1 aromatic heterocycles. The quantitative estimate of drug-likeness (QED) is 0.621. The van der Waals surface area contributed by atoms with Crippen molar-refractivity contribution >= 4 is 5.91 Å². The molecule has 1 aliphatic heterocycles. The van der Waals surface area contributed by atoms with Gasteiger partial charge in [0.25, 0.3) is 5.91 Å². The highest BCUT2D eigenvalue weighted by Crippen LogP contribution is 1.97. The monoisotopic (exact) mass is 180 g/mol. The molecule has 0 spiro atoms. The Balaban J connectivity index is 1.96. The average Bonchev–Trinajstić information content (AvgIpc) is 2.44. The van der Waals surface area contributed by atoms with Crippen LogP contribution in [0.2, 0.25) is 0 Å². The molecule has 1 aromatic rings. The smallest absolute Gasteiger partial charge is 0.271 e. The summed E-state index contributed by atoms with van der Waals surface area (Å²) in [6.07, 6.45) is 3.33. The van der Waals surface area contributed by atoms with Crippen LogP contribution in [0.4, 0.5) is 0 Å². The normalized spacial score (nSPS) is 16.7. The maximum absolute atomic E-state index is 11.4. The summed E-state index contributed by atoms with van der Waals surface area (Å²) in [7, 11) is 1.84. The molecule has 1 amide bonds. The van der Waals surface area contributed by atoms with Crippen molar-refractivity contribution in [2.45, 2.75) is 6.04 Å². The molecule has 1 fully saturated rings. The molecule has 0 unspecified atom stereocenters. The van der Waals surface area contributed by atoms with E-state index in [0.717, 1.165) is 13.1 Å². The van der Waals surface area contributed by atoms with E-state index in [2.05, 4.69) is 15.6 Å². The third-order valence-corrected chi connectivity index (χ3v) is 2.05. The summed E-state index contributed by atoms with van der Waals surface area (Å²) in [5.41, 5.74) is 0.481. The van der Waals surface area contributed by atoms with Gasteiger partial charge in [-0.25, -0.2) is 4.98 Å². The number of aryl methyl sites for hydroxylation is 1. The third-order valence-electron chi connectivity index (χ3n) is 2.05. The zero-order chi connectivity index (χ0) is 9.26. The highest BCUT2D eigenvalue weighted by molar-refractivity contribution is 5.92. The van der Waals surface area contributed by atoms with E-state index in [4.69, 9.17) is 0 Å². The molecule has 0 saturated carbocycles. The zero-order valence-corrected chi connectivity index (χ0v) is 7.45. The Morgan fingerprint density at radius 3 is 3.00 bits per heavy atom. The van der Waals surface area contributed by atoms with Crippen LogP contribution < -0.4 is 10.6 Å². The average molecular weight is 180 g/mol. The topological polar surface area (TPSA) is 59.0 Å². The Labute approximate surface area is 76.2 Å². The van der Waals surface area contributed by atoms with Gasteiger partial charge in [0.2, 0.25) is 0 Å². The van der Waals surface area contributed by atoms with E-state index in [-0.39, 0.29) is 11.9 Å². The maximum Gasteiger partial charge on any atom is 0.271 e. The number of hydrogen-bond donors (Lipinski definition) is 2. The van der Waals surface area contributed by atoms with Crippen LogP contribution in [-0.2, 0) is 7.05 Å². The number of carbonyl (C=O) groups excluding carboxylic acids is 1. The largest absolute Gasteiger partial charge is 0.345 e. The van der Waals surface area contributed by atoms with E-state index in [1.54, 1.807) is 17.1 Å². The van der Waals surface area contributed by atoms with Crippen molar-refractivity contribution < 1.29 is 4.79 Å². The lowest BCUT2D eigenvalue weighted by molar-refractivity contribution is 0.0919. The van der Waals surface area contributed by atoms with Crippen LogP contribution in [0.25, 0.3) is 0 Å². The summed E-state index contributed by atoms with van der Waals surface area (Å²) >= 11 is 0. The van der Waals surface area contributed by atoms with Gasteiger partial charge in [-0.2, -0.15) is 0 Å². The molecule has 2 rings (SSSR count). The molecular weight excluding hydrogens is 168 g/mol. The van der Waals surface area contributed by atoms with Crippen molar-refractivity contribution in [2.75, 3.05) is 13.1 Å². The lowest BCUT2D eigenvalue weighted by Gasteiger charge is -2.27. The number of hydrogen-bond acceptors (Lipinski definition) is 3. The molecule has 2 N–H and O–H groups in total. The fourth-order valence-electron chi connectivity index (χ4n) is 1.18. The van der Waals surface area contributed by atoms with Crippen LogP contribution in [0.3, 0.4) is 0 Å². The molecule has 0 bridgehead atoms. The van der Waals surface area contributed by atoms with Crippen molar-refractivity contribution in [1.29, 1.82) is 0 Å². The van der Waals surface area contributed by atoms with Gasteiger partial charge in [0, 0.05) is 26.3 Å². The van der Waals surface area contributed by atoms with E-state index < -0.39 is 0 Å². The minimum absolute atomic E-state index is 0.0906. The first-order chi connectivity index (χ1) is 6.25. The van der Waals surface area contributed by atoms with Crippen LogP contribution in [-0.4, -0.2) is 34.6 Å². The molecule has 5 heteroatoms. The minimum Gasteiger partial charge on any atom is -0.345 e. The molecule has 0 atom stereocenters. The number of rotatable bonds is 2. The second-order valence-corrected chi connectivity index (χ2v) is 3.25. The van der Waals surface area contributed by atoms with Crippen molar-refractivity contribution in [2.24, 2.45) is 7.05 Å². The number of nitrogens with one attached hydrogen (secondary N) is 2. The predicted octanol–water partition coefficient (Wildman–Crippen LogP) is -0.878. The number of amides is 1. The molecule has 1 saturated heterocycles. The van der Waals surface area contributed by atoms with E-state index >= 15 is 0 Å². The predicted molar refractivity (Wildman–Crippen MR) is 47.3 cm³/mol. The van der Waals surface area contributed by atoms with Gasteiger partial charge < -0.3 is 15.2 Å². The molecule has 13 heavy (non-hydrogen) atoms. The number of aromatic nitrogens is 2. The Morgan fingerprint density at radius 1 is 1.77 bits per heavy atom. The Kier molecular flexibility index (Phi) is 2.02. The standard InChI is InChI=1S/C8H12N4O/c1-12-4-7(10-5-12)8(13)11-6-2-9-3-6/h4-6,9H,2-3H2,1H3,(H,11,13). The van der Waals surface area contributed by atoms with Gasteiger partial charge in [-0.15, -0.1) is 0 Å². The Morgan fingerprint density at radius 2 is 2.54 bits per heavy atom. The van der Waals surface area contributed by atoms with E-state index in [9.17, 15) is 4.79 Å². The highest BCUT2D eigenvalue weighted by Gasteiger charge is 2.20. The zero-order valence-electron chi connectivity index (χ0n) is 7.45. The van der Waals surface area contributed by atoms with Crippen molar-refractivity contribution in [3.8, 4) is 0 Å². The van der Waals surface area contributed by atoms with E-state index in [1.807, 2.05) is 7.05 Å². The summed E-state index contributed by atoms with van der Waals surface area (Å²) in [6, 6.07) is 0.273. The number of imidazole rings is 1. The molecule has 0 aromatic carbocycles. The summed E-state index contributed by atoms with van der Waals surface area (Å²) in [5.74, 6) is -0.0906. The SMILES string of the molecule is Cn1cnc(C(=O)NC2CNC2)c1. The molecule has 1 aliphatic rings. The van der Waals surface area contributed by atoms with Crippen LogP contribution >= 0.6 is 0 Å². The van der Waals surface area contributed by atoms with Crippen LogP contribution in [0.1, 0.15) is 10.5 Å². The molecular formula is C8H12N4O. The highest BCUT2D eigenvalue weighted by atomic mass is 16.2. The fraction of sp³-hybridized carbons (Fsp3) is 0.500.